The predicted molar refractivity (Wildman–Crippen MR) is 113 cm³/mol. The van der Waals surface area contributed by atoms with Gasteiger partial charge >= 0.3 is 6.01 Å². The number of nitrogens with zero attached hydrogens (tertiary/aromatic N) is 2. The second kappa shape index (κ2) is 8.44. The normalized spacial score (nSPS) is 19.5. The summed E-state index contributed by atoms with van der Waals surface area (Å²) in [6.45, 7) is 4.74. The van der Waals surface area contributed by atoms with Crippen LogP contribution in [0.1, 0.15) is 32.8 Å². The monoisotopic (exact) mass is 464 g/mol. The molecule has 5 nitrogen and oxygen atoms in total. The highest BCUT2D eigenvalue weighted by Crippen LogP contribution is 2.60. The van der Waals surface area contributed by atoms with Crippen molar-refractivity contribution in [2.24, 2.45) is 5.41 Å². The third-order valence-electron chi connectivity index (χ3n) is 5.24. The number of hydrogen-bond donors (Lipinski definition) is 0. The van der Waals surface area contributed by atoms with E-state index < -0.39 is 41.6 Å². The van der Waals surface area contributed by atoms with Crippen LogP contribution in [0.2, 0.25) is 0 Å². The van der Waals surface area contributed by atoms with Crippen molar-refractivity contribution in [1.82, 2.24) is 9.97 Å². The van der Waals surface area contributed by atoms with Gasteiger partial charge in [0, 0.05) is 12.5 Å². The van der Waals surface area contributed by atoms with Crippen molar-refractivity contribution < 1.29 is 31.8 Å². The lowest BCUT2D eigenvalue weighted by Gasteiger charge is -2.22. The average Bonchev–Trinajstić information content (AvgIpc) is 3.27. The zero-order valence-electron chi connectivity index (χ0n) is 18.5. The molecule has 0 radical (unpaired) electrons. The van der Waals surface area contributed by atoms with Crippen LogP contribution in [0.5, 0.6) is 11.9 Å². The number of hydrogen-bond acceptors (Lipinski definition) is 5. The van der Waals surface area contributed by atoms with E-state index >= 15 is 0 Å². The molecule has 176 valence electrons. The average molecular weight is 464 g/mol. The number of rotatable bonds is 8. The molecule has 9 heteroatoms. The maximum atomic E-state index is 14.4. The van der Waals surface area contributed by atoms with Crippen LogP contribution in [0.4, 0.5) is 17.6 Å². The molecule has 1 unspecified atom stereocenters. The van der Waals surface area contributed by atoms with E-state index in [0.29, 0.717) is 6.07 Å². The lowest BCUT2D eigenvalue weighted by molar-refractivity contribution is -0.0174. The first kappa shape index (κ1) is 23.2. The Balaban J connectivity index is 1.53. The highest BCUT2D eigenvalue weighted by molar-refractivity contribution is 5.84. The highest BCUT2D eigenvalue weighted by atomic mass is 19.3. The molecule has 1 aromatic heterocycles. The Labute approximate surface area is 188 Å². The van der Waals surface area contributed by atoms with Gasteiger partial charge in [-0.1, -0.05) is 30.3 Å². The molecule has 0 amide bonds. The minimum atomic E-state index is -2.97. The van der Waals surface area contributed by atoms with Gasteiger partial charge in [-0.15, -0.1) is 0 Å². The molecule has 1 saturated carbocycles. The summed E-state index contributed by atoms with van der Waals surface area (Å²) in [6, 6.07) is 10.6. The van der Waals surface area contributed by atoms with E-state index in [9.17, 15) is 17.6 Å². The molecule has 3 aromatic rings. The van der Waals surface area contributed by atoms with E-state index in [0.717, 1.165) is 11.6 Å². The number of alkyl halides is 2. The summed E-state index contributed by atoms with van der Waals surface area (Å²) in [7, 11) is 0. The molecule has 0 aliphatic heterocycles. The van der Waals surface area contributed by atoms with Crippen LogP contribution in [0.25, 0.3) is 10.9 Å². The van der Waals surface area contributed by atoms with Crippen LogP contribution in [-0.4, -0.2) is 34.7 Å². The molecule has 1 aliphatic carbocycles. The van der Waals surface area contributed by atoms with E-state index in [-0.39, 0.29) is 36.0 Å². The fraction of sp³-hybridized carbons (Fsp3) is 0.417. The lowest BCUT2D eigenvalue weighted by atomic mass is 10.1. The van der Waals surface area contributed by atoms with Crippen molar-refractivity contribution >= 4 is 10.9 Å². The molecule has 2 aromatic carbocycles. The Kier molecular flexibility index (Phi) is 5.94. The summed E-state index contributed by atoms with van der Waals surface area (Å²) in [6.07, 6.45) is -0.409. The molecule has 1 aliphatic rings. The largest absolute Gasteiger partial charge is 0.471 e. The second-order valence-electron chi connectivity index (χ2n) is 9.24. The molecule has 1 heterocycles. The van der Waals surface area contributed by atoms with Crippen LogP contribution in [0.3, 0.4) is 0 Å². The van der Waals surface area contributed by atoms with Crippen molar-refractivity contribution in [3.8, 4) is 11.9 Å². The molecule has 4 rings (SSSR count). The molecular formula is C24H24F4N2O3. The summed E-state index contributed by atoms with van der Waals surface area (Å²) in [4.78, 5) is 8.07. The van der Waals surface area contributed by atoms with Gasteiger partial charge < -0.3 is 14.2 Å². The predicted octanol–water partition coefficient (Wildman–Crippen LogP) is 5.71. The van der Waals surface area contributed by atoms with Gasteiger partial charge in [0.2, 0.25) is 5.88 Å². The van der Waals surface area contributed by atoms with E-state index in [1.165, 1.54) is 0 Å². The van der Waals surface area contributed by atoms with Gasteiger partial charge in [0.25, 0.3) is 5.92 Å². The summed E-state index contributed by atoms with van der Waals surface area (Å²) in [5.41, 5.74) is -1.64. The summed E-state index contributed by atoms with van der Waals surface area (Å²) >= 11 is 0. The molecule has 33 heavy (non-hydrogen) atoms. The Morgan fingerprint density at radius 1 is 1.00 bits per heavy atom. The number of fused-ring (bicyclic) bond motifs is 1. The van der Waals surface area contributed by atoms with Crippen LogP contribution in [0.15, 0.2) is 42.5 Å². The van der Waals surface area contributed by atoms with Crippen molar-refractivity contribution in [1.29, 1.82) is 0 Å². The molecular weight excluding hydrogens is 440 g/mol. The van der Waals surface area contributed by atoms with Crippen molar-refractivity contribution in [3.63, 3.8) is 0 Å². The Morgan fingerprint density at radius 2 is 1.70 bits per heavy atom. The molecule has 0 bridgehead atoms. The van der Waals surface area contributed by atoms with Gasteiger partial charge in [0.15, 0.2) is 5.82 Å². The maximum absolute atomic E-state index is 14.4. The number of aromatic nitrogens is 2. The fourth-order valence-corrected chi connectivity index (χ4v) is 3.42. The third kappa shape index (κ3) is 5.19. The van der Waals surface area contributed by atoms with Crippen LogP contribution < -0.4 is 9.47 Å². The standard InChI is InChI=1S/C24H24F4N2O3/c1-22(2,3)33-20-17-9-16(25)10-18(26)19(17)29-21(30-20)32-14-23(12-24(23,27)28)13-31-11-15-7-5-4-6-8-15/h4-10H,11-14H2,1-3H3. The Hall–Kier alpha value is -2.94. The number of ether oxygens (including phenoxy) is 3. The summed E-state index contributed by atoms with van der Waals surface area (Å²) in [5, 5.41) is 0.0208. The first-order valence-corrected chi connectivity index (χ1v) is 10.5. The first-order chi connectivity index (χ1) is 15.5. The lowest BCUT2D eigenvalue weighted by Crippen LogP contribution is -2.27. The Morgan fingerprint density at radius 3 is 2.33 bits per heavy atom. The zero-order chi connectivity index (χ0) is 23.9. The SMILES string of the molecule is CC(C)(C)Oc1nc(OCC2(COCc3ccccc3)CC2(F)F)nc2c(F)cc(F)cc12. The quantitative estimate of drug-likeness (QED) is 0.400. The van der Waals surface area contributed by atoms with Gasteiger partial charge in [-0.05, 0) is 32.4 Å². The summed E-state index contributed by atoms with van der Waals surface area (Å²) < 4.78 is 73.4. The molecule has 1 atom stereocenters. The van der Waals surface area contributed by atoms with Crippen LogP contribution in [-0.2, 0) is 11.3 Å². The summed E-state index contributed by atoms with van der Waals surface area (Å²) in [5.74, 6) is -4.82. The number of halogens is 4. The van der Waals surface area contributed by atoms with Crippen molar-refractivity contribution in [2.45, 2.75) is 45.3 Å². The topological polar surface area (TPSA) is 53.5 Å². The Bertz CT molecular complexity index is 1150. The molecule has 0 spiro atoms. The minimum Gasteiger partial charge on any atom is -0.471 e. The second-order valence-corrected chi connectivity index (χ2v) is 9.24. The van der Waals surface area contributed by atoms with Crippen LogP contribution >= 0.6 is 0 Å². The highest BCUT2D eigenvalue weighted by Gasteiger charge is 2.72. The molecule has 1 fully saturated rings. The van der Waals surface area contributed by atoms with Gasteiger partial charge in [0.05, 0.1) is 24.0 Å². The zero-order valence-corrected chi connectivity index (χ0v) is 18.5. The smallest absolute Gasteiger partial charge is 0.320 e. The molecule has 0 N–H and O–H groups in total. The van der Waals surface area contributed by atoms with Gasteiger partial charge in [-0.2, -0.15) is 9.97 Å². The van der Waals surface area contributed by atoms with E-state index in [2.05, 4.69) is 9.97 Å². The van der Waals surface area contributed by atoms with E-state index in [1.807, 2.05) is 30.3 Å². The third-order valence-corrected chi connectivity index (χ3v) is 5.24. The maximum Gasteiger partial charge on any atom is 0.320 e. The number of benzene rings is 2. The minimum absolute atomic E-state index is 0.0208. The van der Waals surface area contributed by atoms with E-state index in [1.54, 1.807) is 20.8 Å². The fourth-order valence-electron chi connectivity index (χ4n) is 3.42. The van der Waals surface area contributed by atoms with Crippen LogP contribution in [0, 0.1) is 17.0 Å². The van der Waals surface area contributed by atoms with E-state index in [4.69, 9.17) is 14.2 Å². The van der Waals surface area contributed by atoms with Gasteiger partial charge in [0.1, 0.15) is 23.5 Å². The molecule has 0 saturated heterocycles. The van der Waals surface area contributed by atoms with Crippen molar-refractivity contribution in [3.05, 3.63) is 59.7 Å². The van der Waals surface area contributed by atoms with Gasteiger partial charge in [-0.25, -0.2) is 17.6 Å². The van der Waals surface area contributed by atoms with Crippen molar-refractivity contribution in [2.75, 3.05) is 13.2 Å². The first-order valence-electron chi connectivity index (χ1n) is 10.5. The van der Waals surface area contributed by atoms with Gasteiger partial charge in [-0.3, -0.25) is 0 Å².